The fourth-order valence-corrected chi connectivity index (χ4v) is 3.55. The van der Waals surface area contributed by atoms with Crippen molar-refractivity contribution < 1.29 is 14.0 Å². The molecule has 4 aromatic rings. The number of amides is 2. The van der Waals surface area contributed by atoms with E-state index in [2.05, 4.69) is 30.8 Å². The first-order chi connectivity index (χ1) is 15.7. The number of aromatic amines is 1. The smallest absolute Gasteiger partial charge is 0.301 e. The first-order valence-electron chi connectivity index (χ1n) is 10.1. The predicted molar refractivity (Wildman–Crippen MR) is 120 cm³/mol. The minimum atomic E-state index is -0.198. The van der Waals surface area contributed by atoms with Crippen molar-refractivity contribution in [2.75, 3.05) is 10.6 Å². The fourth-order valence-electron chi connectivity index (χ4n) is 2.89. The van der Waals surface area contributed by atoms with Gasteiger partial charge in [-0.05, 0) is 47.4 Å². The number of nitrogens with one attached hydrogen (secondary N) is 3. The van der Waals surface area contributed by atoms with E-state index in [0.717, 1.165) is 11.3 Å². The largest absolute Gasteiger partial charge is 0.432 e. The lowest BCUT2D eigenvalue weighted by Crippen LogP contribution is -2.15. The van der Waals surface area contributed by atoms with Gasteiger partial charge in [-0.25, -0.2) is 4.98 Å². The first-order valence-corrected chi connectivity index (χ1v) is 11.1. The Morgan fingerprint density at radius 2 is 1.97 bits per heavy atom. The number of pyridine rings is 1. The SMILES string of the molecule is O=C(Cc1ccccn1)Nc1ncco1.O=C(Cc1ccsc1)Nc1cc(C2CC2)[nH]n1. The maximum absolute atomic E-state index is 11.7. The van der Waals surface area contributed by atoms with E-state index in [4.69, 9.17) is 4.42 Å². The summed E-state index contributed by atoms with van der Waals surface area (Å²) in [5.74, 6) is 1.05. The molecule has 3 N–H and O–H groups in total. The molecule has 1 aliphatic rings. The highest BCUT2D eigenvalue weighted by Gasteiger charge is 2.25. The van der Waals surface area contributed by atoms with Crippen LogP contribution in [0.25, 0.3) is 0 Å². The number of anilines is 2. The molecule has 1 fully saturated rings. The number of hydrogen-bond donors (Lipinski definition) is 3. The summed E-state index contributed by atoms with van der Waals surface area (Å²) in [6, 6.07) is 9.52. The number of carbonyl (C=O) groups is 2. The molecule has 1 aliphatic carbocycles. The maximum Gasteiger partial charge on any atom is 0.301 e. The lowest BCUT2D eigenvalue weighted by molar-refractivity contribution is -0.116. The maximum atomic E-state index is 11.7. The van der Waals surface area contributed by atoms with Crippen molar-refractivity contribution in [2.45, 2.75) is 31.6 Å². The third-order valence-electron chi connectivity index (χ3n) is 4.57. The van der Waals surface area contributed by atoms with Gasteiger partial charge in [-0.1, -0.05) is 6.07 Å². The Hall–Kier alpha value is -3.79. The number of aromatic nitrogens is 4. The van der Waals surface area contributed by atoms with Crippen LogP contribution in [-0.2, 0) is 22.4 Å². The Morgan fingerprint density at radius 1 is 1.09 bits per heavy atom. The molecule has 0 aliphatic heterocycles. The van der Waals surface area contributed by atoms with Gasteiger partial charge in [0.15, 0.2) is 5.82 Å². The Balaban J connectivity index is 0.000000155. The monoisotopic (exact) mass is 450 g/mol. The Bertz CT molecular complexity index is 1120. The molecule has 0 unspecified atom stereocenters. The highest BCUT2D eigenvalue weighted by atomic mass is 32.1. The first kappa shape index (κ1) is 21.4. The summed E-state index contributed by atoms with van der Waals surface area (Å²) in [6.07, 6.45) is 7.59. The third kappa shape index (κ3) is 6.61. The van der Waals surface area contributed by atoms with Crippen LogP contribution in [0.3, 0.4) is 0 Å². The standard InChI is InChI=1S/C12H13N3OS.C10H9N3O2/c16-12(5-8-3-4-17-7-8)13-11-6-10(14-15-11)9-1-2-9;14-9(13-10-12-5-6-15-10)7-8-3-1-2-4-11-8/h3-4,6-7,9H,1-2,5H2,(H2,13,14,15,16);1-6H,7H2,(H,12,13,14). The summed E-state index contributed by atoms with van der Waals surface area (Å²) in [4.78, 5) is 31.0. The van der Waals surface area contributed by atoms with Gasteiger partial charge < -0.3 is 9.73 Å². The number of thiophene rings is 1. The zero-order chi connectivity index (χ0) is 22.2. The van der Waals surface area contributed by atoms with Crippen molar-refractivity contribution >= 4 is 35.0 Å². The van der Waals surface area contributed by atoms with Crippen LogP contribution in [0.5, 0.6) is 0 Å². The van der Waals surface area contributed by atoms with Gasteiger partial charge >= 0.3 is 6.01 Å². The van der Waals surface area contributed by atoms with Crippen molar-refractivity contribution in [2.24, 2.45) is 0 Å². The second kappa shape index (κ2) is 10.5. The molecule has 0 aromatic carbocycles. The molecule has 9 nitrogen and oxygen atoms in total. The highest BCUT2D eigenvalue weighted by Crippen LogP contribution is 2.39. The van der Waals surface area contributed by atoms with Crippen LogP contribution >= 0.6 is 11.3 Å². The second-order valence-electron chi connectivity index (χ2n) is 7.22. The van der Waals surface area contributed by atoms with Gasteiger partial charge in [0.2, 0.25) is 11.8 Å². The zero-order valence-electron chi connectivity index (χ0n) is 17.2. The summed E-state index contributed by atoms with van der Waals surface area (Å²) >= 11 is 1.60. The molecule has 0 bridgehead atoms. The molecule has 4 aromatic heterocycles. The third-order valence-corrected chi connectivity index (χ3v) is 5.31. The van der Waals surface area contributed by atoms with Crippen LogP contribution in [0.15, 0.2) is 64.2 Å². The quantitative estimate of drug-likeness (QED) is 0.393. The summed E-state index contributed by atoms with van der Waals surface area (Å²) in [5, 5.41) is 16.3. The van der Waals surface area contributed by atoms with Crippen molar-refractivity contribution in [3.8, 4) is 0 Å². The number of rotatable bonds is 7. The van der Waals surface area contributed by atoms with E-state index in [0.29, 0.717) is 23.9 Å². The highest BCUT2D eigenvalue weighted by molar-refractivity contribution is 7.08. The predicted octanol–water partition coefficient (Wildman–Crippen LogP) is 3.78. The molecule has 2 amide bonds. The summed E-state index contributed by atoms with van der Waals surface area (Å²) in [6.45, 7) is 0. The van der Waals surface area contributed by atoms with Crippen molar-refractivity contribution in [3.05, 3.63) is 76.7 Å². The lowest BCUT2D eigenvalue weighted by Gasteiger charge is -1.99. The van der Waals surface area contributed by atoms with E-state index < -0.39 is 0 Å². The van der Waals surface area contributed by atoms with E-state index in [1.54, 1.807) is 29.7 Å². The molecule has 1 saturated carbocycles. The molecule has 5 rings (SSSR count). The number of carbonyl (C=O) groups excluding carboxylic acids is 2. The number of hydrogen-bond acceptors (Lipinski definition) is 7. The fraction of sp³-hybridized carbons (Fsp3) is 0.227. The van der Waals surface area contributed by atoms with E-state index in [1.807, 2.05) is 29.0 Å². The molecule has 0 atom stereocenters. The summed E-state index contributed by atoms with van der Waals surface area (Å²) in [5.41, 5.74) is 2.89. The molecule has 10 heteroatoms. The van der Waals surface area contributed by atoms with Gasteiger partial charge in [0.05, 0.1) is 19.0 Å². The molecule has 4 heterocycles. The number of H-pyrrole nitrogens is 1. The van der Waals surface area contributed by atoms with Gasteiger partial charge in [0, 0.05) is 29.6 Å². The van der Waals surface area contributed by atoms with Crippen molar-refractivity contribution in [1.82, 2.24) is 20.2 Å². The second-order valence-corrected chi connectivity index (χ2v) is 8.00. The molecule has 32 heavy (non-hydrogen) atoms. The van der Waals surface area contributed by atoms with Gasteiger partial charge in [0.1, 0.15) is 6.26 Å². The average Bonchev–Trinajstić information content (AvgIpc) is 3.14. The van der Waals surface area contributed by atoms with Crippen LogP contribution in [0.1, 0.15) is 35.7 Å². The average molecular weight is 451 g/mol. The van der Waals surface area contributed by atoms with Crippen LogP contribution in [0, 0.1) is 0 Å². The van der Waals surface area contributed by atoms with E-state index in [-0.39, 0.29) is 24.2 Å². The van der Waals surface area contributed by atoms with E-state index in [1.165, 1.54) is 25.3 Å². The Morgan fingerprint density at radius 3 is 2.66 bits per heavy atom. The van der Waals surface area contributed by atoms with Crippen LogP contribution in [0.2, 0.25) is 0 Å². The van der Waals surface area contributed by atoms with E-state index in [9.17, 15) is 9.59 Å². The Labute approximate surface area is 188 Å². The summed E-state index contributed by atoms with van der Waals surface area (Å²) < 4.78 is 4.88. The lowest BCUT2D eigenvalue weighted by atomic mass is 10.2. The van der Waals surface area contributed by atoms with Crippen LogP contribution in [0.4, 0.5) is 11.8 Å². The van der Waals surface area contributed by atoms with Crippen molar-refractivity contribution in [1.29, 1.82) is 0 Å². The van der Waals surface area contributed by atoms with Crippen molar-refractivity contribution in [3.63, 3.8) is 0 Å². The normalized spacial score (nSPS) is 12.5. The van der Waals surface area contributed by atoms with Gasteiger partial charge in [0.25, 0.3) is 0 Å². The van der Waals surface area contributed by atoms with Gasteiger partial charge in [-0.15, -0.1) is 0 Å². The van der Waals surface area contributed by atoms with Crippen LogP contribution < -0.4 is 10.6 Å². The molecule has 0 saturated heterocycles. The molecule has 164 valence electrons. The molecule has 0 spiro atoms. The van der Waals surface area contributed by atoms with Gasteiger partial charge in [-0.3, -0.25) is 25.0 Å². The number of nitrogens with zero attached hydrogens (tertiary/aromatic N) is 3. The summed E-state index contributed by atoms with van der Waals surface area (Å²) in [7, 11) is 0. The number of oxazole rings is 1. The molecule has 0 radical (unpaired) electrons. The van der Waals surface area contributed by atoms with E-state index >= 15 is 0 Å². The minimum absolute atomic E-state index is 0.0164. The van der Waals surface area contributed by atoms with Gasteiger partial charge in [-0.2, -0.15) is 16.4 Å². The molecular formula is C22H22N6O3S. The zero-order valence-corrected chi connectivity index (χ0v) is 18.0. The topological polar surface area (TPSA) is 126 Å². The minimum Gasteiger partial charge on any atom is -0.432 e. The van der Waals surface area contributed by atoms with Crippen LogP contribution in [-0.4, -0.2) is 32.0 Å². The molecular weight excluding hydrogens is 428 g/mol. The Kier molecular flexibility index (Phi) is 7.03.